The van der Waals surface area contributed by atoms with Crippen molar-refractivity contribution in [3.63, 3.8) is 0 Å². The van der Waals surface area contributed by atoms with Crippen LogP contribution in [0.4, 0.5) is 0 Å². The molecule has 3 aromatic rings. The fourth-order valence-electron chi connectivity index (χ4n) is 2.99. The van der Waals surface area contributed by atoms with Gasteiger partial charge in [-0.05, 0) is 55.8 Å². The molecule has 2 N–H and O–H groups in total. The van der Waals surface area contributed by atoms with E-state index in [1.54, 1.807) is 30.5 Å². The first kappa shape index (κ1) is 23.0. The first-order chi connectivity index (χ1) is 14.8. The van der Waals surface area contributed by atoms with Gasteiger partial charge in [-0.15, -0.1) is 0 Å². The first-order valence-electron chi connectivity index (χ1n) is 9.75. The third-order valence-corrected chi connectivity index (χ3v) is 7.23. The molecular formula is C23H25N3O3S2. The highest BCUT2D eigenvalue weighted by Crippen LogP contribution is 2.31. The van der Waals surface area contributed by atoms with Crippen LogP contribution in [0.2, 0.25) is 0 Å². The normalized spacial score (nSPS) is 11.3. The van der Waals surface area contributed by atoms with Crippen molar-refractivity contribution in [2.75, 3.05) is 7.05 Å². The van der Waals surface area contributed by atoms with E-state index in [-0.39, 0.29) is 11.7 Å². The van der Waals surface area contributed by atoms with Crippen molar-refractivity contribution in [3.8, 4) is 0 Å². The summed E-state index contributed by atoms with van der Waals surface area (Å²) in [4.78, 5) is 18.3. The summed E-state index contributed by atoms with van der Waals surface area (Å²) < 4.78 is 25.6. The molecule has 1 amide bonds. The molecular weight excluding hydrogens is 430 g/mol. The maximum Gasteiger partial charge on any atom is 0.254 e. The Morgan fingerprint density at radius 3 is 2.42 bits per heavy atom. The monoisotopic (exact) mass is 455 g/mol. The zero-order chi connectivity index (χ0) is 22.4. The summed E-state index contributed by atoms with van der Waals surface area (Å²) in [5.74, 6) is -0.285. The summed E-state index contributed by atoms with van der Waals surface area (Å²) in [5.41, 5.74) is 4.41. The number of hydrogen-bond acceptors (Lipinski definition) is 5. The molecule has 1 heterocycles. The molecule has 6 nitrogen and oxygen atoms in total. The van der Waals surface area contributed by atoms with Gasteiger partial charge in [-0.25, -0.2) is 18.1 Å². The second kappa shape index (κ2) is 10.1. The van der Waals surface area contributed by atoms with E-state index in [4.69, 9.17) is 0 Å². The molecule has 0 atom stereocenters. The fourth-order valence-corrected chi connectivity index (χ4v) is 4.71. The number of carbonyl (C=O) groups excluding carboxylic acids is 1. The second-order valence-corrected chi connectivity index (χ2v) is 10.1. The van der Waals surface area contributed by atoms with E-state index >= 15 is 0 Å². The summed E-state index contributed by atoms with van der Waals surface area (Å²) in [6, 6.07) is 16.8. The van der Waals surface area contributed by atoms with Crippen LogP contribution in [-0.4, -0.2) is 26.4 Å². The van der Waals surface area contributed by atoms with E-state index in [0.29, 0.717) is 22.7 Å². The van der Waals surface area contributed by atoms with E-state index in [0.717, 1.165) is 16.0 Å². The molecule has 0 aliphatic rings. The van der Waals surface area contributed by atoms with Crippen LogP contribution in [0.3, 0.4) is 0 Å². The zero-order valence-electron chi connectivity index (χ0n) is 17.7. The lowest BCUT2D eigenvalue weighted by Gasteiger charge is -2.11. The minimum Gasteiger partial charge on any atom is -0.348 e. The minimum absolute atomic E-state index is 0.0785. The molecule has 0 spiro atoms. The highest BCUT2D eigenvalue weighted by Gasteiger charge is 2.14. The summed E-state index contributed by atoms with van der Waals surface area (Å²) in [7, 11) is -1.92. The van der Waals surface area contributed by atoms with Crippen LogP contribution in [0.25, 0.3) is 0 Å². The topological polar surface area (TPSA) is 88.2 Å². The van der Waals surface area contributed by atoms with Gasteiger partial charge in [0.15, 0.2) is 0 Å². The predicted octanol–water partition coefficient (Wildman–Crippen LogP) is 3.83. The van der Waals surface area contributed by atoms with Crippen molar-refractivity contribution < 1.29 is 13.2 Å². The third kappa shape index (κ3) is 6.40. The first-order valence-corrected chi connectivity index (χ1v) is 12.2. The van der Waals surface area contributed by atoms with Crippen LogP contribution in [0.5, 0.6) is 0 Å². The van der Waals surface area contributed by atoms with E-state index in [2.05, 4.69) is 21.1 Å². The van der Waals surface area contributed by atoms with Crippen LogP contribution < -0.4 is 10.0 Å². The smallest absolute Gasteiger partial charge is 0.254 e. The molecule has 0 radical (unpaired) electrons. The molecule has 0 fully saturated rings. The average Bonchev–Trinajstić information content (AvgIpc) is 2.75. The second-order valence-electron chi connectivity index (χ2n) is 7.19. The number of sulfonamides is 1. The average molecular weight is 456 g/mol. The molecule has 0 unspecified atom stereocenters. The lowest BCUT2D eigenvalue weighted by molar-refractivity contribution is 0.0947. The van der Waals surface area contributed by atoms with Gasteiger partial charge in [0.2, 0.25) is 10.0 Å². The van der Waals surface area contributed by atoms with Crippen LogP contribution in [0.1, 0.15) is 32.6 Å². The third-order valence-electron chi connectivity index (χ3n) is 4.70. The van der Waals surface area contributed by atoms with Crippen molar-refractivity contribution in [1.82, 2.24) is 15.0 Å². The van der Waals surface area contributed by atoms with Gasteiger partial charge in [-0.1, -0.05) is 53.7 Å². The van der Waals surface area contributed by atoms with Crippen LogP contribution in [0.15, 0.2) is 70.7 Å². The Bertz CT molecular complexity index is 1180. The molecule has 1 aromatic heterocycles. The highest BCUT2D eigenvalue weighted by molar-refractivity contribution is 7.99. The number of hydrogen-bond donors (Lipinski definition) is 2. The van der Waals surface area contributed by atoms with Crippen LogP contribution in [0, 0.1) is 13.8 Å². The quantitative estimate of drug-likeness (QED) is 0.539. The van der Waals surface area contributed by atoms with Crippen LogP contribution in [-0.2, 0) is 22.3 Å². The lowest BCUT2D eigenvalue weighted by atomic mass is 10.1. The number of aromatic nitrogens is 1. The van der Waals surface area contributed by atoms with Gasteiger partial charge in [0, 0.05) is 17.6 Å². The summed E-state index contributed by atoms with van der Waals surface area (Å²) in [5, 5.41) is 3.57. The Morgan fingerprint density at radius 1 is 1.03 bits per heavy atom. The Balaban J connectivity index is 1.67. The van der Waals surface area contributed by atoms with Gasteiger partial charge in [0.1, 0.15) is 5.03 Å². The molecule has 0 aliphatic heterocycles. The Kier molecular flexibility index (Phi) is 7.48. The molecule has 0 bridgehead atoms. The molecule has 162 valence electrons. The largest absolute Gasteiger partial charge is 0.348 e. The molecule has 2 aromatic carbocycles. The molecule has 8 heteroatoms. The van der Waals surface area contributed by atoms with E-state index in [1.165, 1.54) is 24.4 Å². The molecule has 3 rings (SSSR count). The summed E-state index contributed by atoms with van der Waals surface area (Å²) in [6.45, 7) is 4.43. The molecule has 0 aliphatic carbocycles. The number of nitrogens with one attached hydrogen (secondary N) is 2. The van der Waals surface area contributed by atoms with Gasteiger partial charge in [0.05, 0.1) is 11.3 Å². The van der Waals surface area contributed by atoms with Gasteiger partial charge in [-0.2, -0.15) is 0 Å². The number of amides is 1. The Hall–Kier alpha value is -2.68. The van der Waals surface area contributed by atoms with Gasteiger partial charge >= 0.3 is 0 Å². The molecule has 0 saturated heterocycles. The standard InChI is InChI=1S/C23H25N3O3S2/c1-16-6-11-21(17(2)13-16)30-23-20(5-4-12-25-23)22(27)26-14-18-7-9-19(10-8-18)15-31(28,29)24-3/h4-13,24H,14-15H2,1-3H3,(H,26,27). The maximum absolute atomic E-state index is 12.8. The molecule has 0 saturated carbocycles. The Morgan fingerprint density at radius 2 is 1.74 bits per heavy atom. The van der Waals surface area contributed by atoms with Gasteiger partial charge in [-0.3, -0.25) is 4.79 Å². The van der Waals surface area contributed by atoms with Crippen molar-refractivity contribution in [3.05, 3.63) is 88.6 Å². The van der Waals surface area contributed by atoms with Crippen molar-refractivity contribution in [2.24, 2.45) is 0 Å². The van der Waals surface area contributed by atoms with Crippen LogP contribution >= 0.6 is 11.8 Å². The van der Waals surface area contributed by atoms with Crippen molar-refractivity contribution >= 4 is 27.7 Å². The number of carbonyl (C=O) groups is 1. The summed E-state index contributed by atoms with van der Waals surface area (Å²) in [6.07, 6.45) is 1.68. The van der Waals surface area contributed by atoms with Gasteiger partial charge < -0.3 is 5.32 Å². The minimum atomic E-state index is -3.31. The lowest BCUT2D eigenvalue weighted by Crippen LogP contribution is -2.23. The van der Waals surface area contributed by atoms with Gasteiger partial charge in [0.25, 0.3) is 5.91 Å². The van der Waals surface area contributed by atoms with E-state index in [1.807, 2.05) is 38.1 Å². The maximum atomic E-state index is 12.8. The highest BCUT2D eigenvalue weighted by atomic mass is 32.2. The Labute approximate surface area is 187 Å². The number of aryl methyl sites for hydroxylation is 2. The predicted molar refractivity (Wildman–Crippen MR) is 124 cm³/mol. The van der Waals surface area contributed by atoms with Crippen molar-refractivity contribution in [1.29, 1.82) is 0 Å². The number of pyridine rings is 1. The zero-order valence-corrected chi connectivity index (χ0v) is 19.3. The fraction of sp³-hybridized carbons (Fsp3) is 0.217. The SMILES string of the molecule is CNS(=O)(=O)Cc1ccc(CNC(=O)c2cccnc2Sc2ccc(C)cc2C)cc1. The number of nitrogens with zero attached hydrogens (tertiary/aromatic N) is 1. The van der Waals surface area contributed by atoms with E-state index < -0.39 is 10.0 Å². The number of rotatable bonds is 8. The van der Waals surface area contributed by atoms with E-state index in [9.17, 15) is 13.2 Å². The molecule has 31 heavy (non-hydrogen) atoms. The summed E-state index contributed by atoms with van der Waals surface area (Å²) >= 11 is 1.47. The number of benzene rings is 2. The van der Waals surface area contributed by atoms with Crippen molar-refractivity contribution in [2.45, 2.75) is 36.1 Å².